The van der Waals surface area contributed by atoms with Crippen LogP contribution >= 0.6 is 23.8 Å². The van der Waals surface area contributed by atoms with Gasteiger partial charge in [-0.2, -0.15) is 4.31 Å². The average molecular weight is 978 g/mol. The molecule has 0 radical (unpaired) electrons. The second-order valence-corrected chi connectivity index (χ2v) is 18.5. The van der Waals surface area contributed by atoms with Gasteiger partial charge in [-0.05, 0) is 60.3 Å². The second kappa shape index (κ2) is 22.7. The highest BCUT2D eigenvalue weighted by Gasteiger charge is 2.30. The molecule has 0 bridgehead atoms. The third-order valence-electron chi connectivity index (χ3n) is 11.7. The number of halogens is 1. The number of methoxy groups -OCH3 is 4. The van der Waals surface area contributed by atoms with Gasteiger partial charge < -0.3 is 43.5 Å². The Bertz CT molecular complexity index is 2760. The number of rotatable bonds is 11. The minimum atomic E-state index is -3.39. The highest BCUT2D eigenvalue weighted by Crippen LogP contribution is 2.38. The molecule has 10 rings (SSSR count). The summed E-state index contributed by atoms with van der Waals surface area (Å²) >= 11 is 7.15. The monoisotopic (exact) mass is 976 g/mol. The van der Waals surface area contributed by atoms with Gasteiger partial charge in [0.1, 0.15) is 35.9 Å². The number of nitrogens with zero attached hydrogens (tertiary/aromatic N) is 7. The molecular weight excluding hydrogens is 924 g/mol. The van der Waals surface area contributed by atoms with Crippen LogP contribution in [-0.4, -0.2) is 131 Å². The van der Waals surface area contributed by atoms with Crippen LogP contribution in [0.4, 0.5) is 5.82 Å². The van der Waals surface area contributed by atoms with E-state index < -0.39 is 10.0 Å². The summed E-state index contributed by atoms with van der Waals surface area (Å²) in [6.45, 7) is 7.90. The lowest BCUT2D eigenvalue weighted by Gasteiger charge is -2.31. The number of nitrogens with one attached hydrogen (secondary N) is 1. The molecule has 0 amide bonds. The molecule has 21 heteroatoms. The normalized spacial score (nSPS) is 16.4. The van der Waals surface area contributed by atoms with E-state index in [0.717, 1.165) is 89.1 Å². The van der Waals surface area contributed by atoms with Crippen molar-refractivity contribution in [2.75, 3.05) is 99.0 Å². The average Bonchev–Trinajstić information content (AvgIpc) is 3.38. The molecule has 0 saturated carbocycles. The van der Waals surface area contributed by atoms with Crippen molar-refractivity contribution in [1.82, 2.24) is 33.9 Å². The molecule has 4 aromatic carbocycles. The van der Waals surface area contributed by atoms with Crippen LogP contribution in [0.15, 0.2) is 78.2 Å². The van der Waals surface area contributed by atoms with Gasteiger partial charge in [-0.25, -0.2) is 32.7 Å². The van der Waals surface area contributed by atoms with Crippen molar-refractivity contribution in [1.29, 1.82) is 0 Å². The summed E-state index contributed by atoms with van der Waals surface area (Å²) < 4.78 is 66.4. The van der Waals surface area contributed by atoms with Gasteiger partial charge in [-0.15, -0.1) is 0 Å². The summed E-state index contributed by atoms with van der Waals surface area (Å²) in [5.41, 5.74) is 5.96. The summed E-state index contributed by atoms with van der Waals surface area (Å²) in [7, 11) is 3.00. The molecule has 67 heavy (non-hydrogen) atoms. The largest absolute Gasteiger partial charge is 0.493 e. The second-order valence-electron chi connectivity index (χ2n) is 15.5. The number of ether oxygens (including phenoxy) is 6. The van der Waals surface area contributed by atoms with Crippen LogP contribution in [-0.2, 0) is 49.8 Å². The van der Waals surface area contributed by atoms with Gasteiger partial charge in [-0.3, -0.25) is 0 Å². The quantitative estimate of drug-likeness (QED) is 0.0519. The topological polar surface area (TPSA) is 181 Å². The Balaban J connectivity index is 0.000000151. The van der Waals surface area contributed by atoms with Crippen LogP contribution in [0.1, 0.15) is 22.3 Å². The molecule has 356 valence electrons. The Morgan fingerprint density at radius 3 is 1.96 bits per heavy atom. The molecule has 4 aliphatic rings. The van der Waals surface area contributed by atoms with Crippen molar-refractivity contribution in [3.05, 3.63) is 101 Å². The molecule has 1 N–H and O–H groups in total. The predicted octanol–water partition coefficient (Wildman–Crippen LogP) is 6.07. The zero-order valence-corrected chi connectivity index (χ0v) is 40.1. The van der Waals surface area contributed by atoms with Crippen LogP contribution in [0.3, 0.4) is 0 Å². The Morgan fingerprint density at radius 1 is 0.672 bits per heavy atom. The van der Waals surface area contributed by atoms with E-state index in [2.05, 4.69) is 40.5 Å². The highest BCUT2D eigenvalue weighted by atomic mass is 35.5. The van der Waals surface area contributed by atoms with E-state index in [1.54, 1.807) is 53.0 Å². The first-order valence-electron chi connectivity index (χ1n) is 21.7. The van der Waals surface area contributed by atoms with Gasteiger partial charge in [-0.1, -0.05) is 40.2 Å². The zero-order valence-electron chi connectivity index (χ0n) is 37.7. The first kappa shape index (κ1) is 48.2. The van der Waals surface area contributed by atoms with E-state index in [1.165, 1.54) is 28.4 Å². The van der Waals surface area contributed by atoms with Crippen molar-refractivity contribution in [2.24, 2.45) is 0 Å². The molecule has 0 spiro atoms. The number of benzene rings is 4. The molecular formula is C46H53ClN8O10S2. The molecule has 18 nitrogen and oxygen atoms in total. The molecule has 0 aliphatic carbocycles. The van der Waals surface area contributed by atoms with E-state index in [1.807, 2.05) is 36.4 Å². The molecule has 2 fully saturated rings. The number of morpholine rings is 2. The van der Waals surface area contributed by atoms with E-state index in [9.17, 15) is 8.42 Å². The molecule has 4 aliphatic heterocycles. The van der Waals surface area contributed by atoms with Crippen molar-refractivity contribution in [3.8, 4) is 28.7 Å². The summed E-state index contributed by atoms with van der Waals surface area (Å²) in [6.07, 6.45) is 4.77. The van der Waals surface area contributed by atoms with Crippen LogP contribution in [0, 0.1) is 0 Å². The van der Waals surface area contributed by atoms with E-state index in [4.69, 9.17) is 49.2 Å². The number of hydrogen-bond acceptors (Lipinski definition) is 18. The predicted molar refractivity (Wildman–Crippen MR) is 255 cm³/mol. The van der Waals surface area contributed by atoms with Gasteiger partial charge >= 0.3 is 0 Å². The number of aromatic nitrogens is 4. The van der Waals surface area contributed by atoms with Gasteiger partial charge in [0.25, 0.3) is 0 Å². The molecule has 6 aromatic rings. The third kappa shape index (κ3) is 11.2. The zero-order chi connectivity index (χ0) is 46.8. The number of anilines is 1. The van der Waals surface area contributed by atoms with Crippen molar-refractivity contribution >= 4 is 61.5 Å². The summed E-state index contributed by atoms with van der Waals surface area (Å²) in [5, 5.41) is 5.31. The highest BCUT2D eigenvalue weighted by molar-refractivity contribution is 7.92. The van der Waals surface area contributed by atoms with Crippen molar-refractivity contribution < 1.29 is 46.1 Å². The minimum absolute atomic E-state index is 0.404. The van der Waals surface area contributed by atoms with Gasteiger partial charge in [0.05, 0.1) is 70.8 Å². The van der Waals surface area contributed by atoms with Crippen molar-refractivity contribution in [3.63, 3.8) is 0 Å². The van der Waals surface area contributed by atoms with E-state index in [0.29, 0.717) is 85.7 Å². The fourth-order valence-corrected chi connectivity index (χ4v) is 10.5. The smallest absolute Gasteiger partial charge is 0.243 e. The first-order valence-corrected chi connectivity index (χ1v) is 24.2. The van der Waals surface area contributed by atoms with Crippen LogP contribution in [0.5, 0.6) is 28.7 Å². The maximum atomic E-state index is 12.7. The Labute approximate surface area is 399 Å². The van der Waals surface area contributed by atoms with Gasteiger partial charge in [0.15, 0.2) is 28.7 Å². The third-order valence-corrected chi connectivity index (χ3v) is 14.7. The summed E-state index contributed by atoms with van der Waals surface area (Å²) in [6, 6.07) is 19.0. The molecule has 0 unspecified atom stereocenters. The lowest BCUT2D eigenvalue weighted by atomic mass is 9.98. The molecule has 2 saturated heterocycles. The van der Waals surface area contributed by atoms with Gasteiger partial charge in [0.2, 0.25) is 10.0 Å². The Hall–Kier alpha value is -5.29. The van der Waals surface area contributed by atoms with Gasteiger partial charge in [0, 0.05) is 74.3 Å². The number of fused-ring (bicyclic) bond motifs is 4. The fraction of sp³-hybridized carbons (Fsp3) is 0.391. The lowest BCUT2D eigenvalue weighted by molar-refractivity contribution is -0.0853. The van der Waals surface area contributed by atoms with Crippen LogP contribution in [0.25, 0.3) is 21.8 Å². The fourth-order valence-electron chi connectivity index (χ4n) is 8.15. The first-order chi connectivity index (χ1) is 32.7. The summed E-state index contributed by atoms with van der Waals surface area (Å²) in [5.74, 6) is 4.10. The van der Waals surface area contributed by atoms with E-state index in [-0.39, 0.29) is 0 Å². The van der Waals surface area contributed by atoms with Crippen LogP contribution in [0.2, 0.25) is 5.15 Å². The lowest BCUT2D eigenvalue weighted by Crippen LogP contribution is -2.41. The van der Waals surface area contributed by atoms with Crippen molar-refractivity contribution in [2.45, 2.75) is 30.8 Å². The molecule has 2 aromatic heterocycles. The maximum Gasteiger partial charge on any atom is 0.243 e. The molecule has 0 atom stereocenters. The Morgan fingerprint density at radius 2 is 1.27 bits per heavy atom. The Kier molecular flexibility index (Phi) is 16.3. The minimum Gasteiger partial charge on any atom is -0.493 e. The van der Waals surface area contributed by atoms with E-state index >= 15 is 0 Å². The van der Waals surface area contributed by atoms with Crippen LogP contribution < -0.4 is 34.1 Å². The number of sulfonamides is 1. The maximum absolute atomic E-state index is 12.7. The standard InChI is InChI=1S/C23H26N4O5S.C13H18N2O3S.C10H9ClN2O2/c1-28-21-12-17-19(13-22(21)29-2)24-15-25-23(17)26-7-6-16-4-3-5-20(18(16)14-26)31-32-33-27-8-10-30-11-9-27;16-19(17,15-6-8-18-9-7-15)13-3-1-2-11-4-5-14-10-12(11)13;1-14-8-3-6-7(4-9(8)15-2)12-5-13-10(6)11/h3-5,12-13,15H,6-11,14H2,1-2H3;1-3,14H,4-10H2;3-5H,1-2H3. The SMILES string of the molecule is COc1cc2ncnc(Cl)c2cc1OC.COc1cc2ncnc(N3CCc4cccc(OOSN5CCOCC5)c4C3)c2cc1OC.O=S(=O)(c1cccc2c1CNCC2)N1CCOCC1. The number of hydrogen-bond donors (Lipinski definition) is 1. The summed E-state index contributed by atoms with van der Waals surface area (Å²) in [4.78, 5) is 25.5. The molecule has 6 heterocycles.